The van der Waals surface area contributed by atoms with Crippen molar-refractivity contribution in [3.05, 3.63) is 95.1 Å². The SMILES string of the molecule is Cc1ccc([C@H](C)NC(=O)COC(=O)c2c3ccccc3cc3ccccc23)cc1C. The van der Waals surface area contributed by atoms with Crippen molar-refractivity contribution in [1.82, 2.24) is 5.32 Å². The molecule has 1 atom stereocenters. The van der Waals surface area contributed by atoms with Crippen molar-refractivity contribution in [3.63, 3.8) is 0 Å². The van der Waals surface area contributed by atoms with E-state index in [2.05, 4.69) is 24.4 Å². The highest BCUT2D eigenvalue weighted by Gasteiger charge is 2.18. The van der Waals surface area contributed by atoms with Crippen LogP contribution in [0, 0.1) is 13.8 Å². The largest absolute Gasteiger partial charge is 0.452 e. The Morgan fingerprint density at radius 3 is 2.06 bits per heavy atom. The molecule has 4 nitrogen and oxygen atoms in total. The number of amides is 1. The third-order valence-corrected chi connectivity index (χ3v) is 5.72. The minimum absolute atomic E-state index is 0.177. The first-order chi connectivity index (χ1) is 14.9. The second kappa shape index (κ2) is 8.60. The number of rotatable bonds is 5. The van der Waals surface area contributed by atoms with Crippen molar-refractivity contribution >= 4 is 33.4 Å². The Bertz CT molecular complexity index is 1240. The van der Waals surface area contributed by atoms with Crippen molar-refractivity contribution in [3.8, 4) is 0 Å². The van der Waals surface area contributed by atoms with E-state index >= 15 is 0 Å². The van der Waals surface area contributed by atoms with Crippen LogP contribution in [0.15, 0.2) is 72.8 Å². The predicted molar refractivity (Wildman–Crippen MR) is 124 cm³/mol. The van der Waals surface area contributed by atoms with Crippen LogP contribution >= 0.6 is 0 Å². The molecule has 0 heterocycles. The molecule has 4 aromatic rings. The number of benzene rings is 4. The second-order valence-electron chi connectivity index (χ2n) is 7.90. The molecule has 4 rings (SSSR count). The molecule has 0 aromatic heterocycles. The summed E-state index contributed by atoms with van der Waals surface area (Å²) in [6, 6.07) is 23.4. The molecule has 0 aliphatic carbocycles. The molecule has 156 valence electrons. The Hall–Kier alpha value is -3.66. The summed E-state index contributed by atoms with van der Waals surface area (Å²) in [4.78, 5) is 25.5. The zero-order chi connectivity index (χ0) is 22.0. The number of aryl methyl sites for hydroxylation is 2. The number of hydrogen-bond acceptors (Lipinski definition) is 3. The van der Waals surface area contributed by atoms with Crippen LogP contribution < -0.4 is 5.32 Å². The summed E-state index contributed by atoms with van der Waals surface area (Å²) in [5.41, 5.74) is 3.89. The van der Waals surface area contributed by atoms with Gasteiger partial charge in [0.15, 0.2) is 6.61 Å². The summed E-state index contributed by atoms with van der Waals surface area (Å²) >= 11 is 0. The molecular weight excluding hydrogens is 386 g/mol. The summed E-state index contributed by atoms with van der Waals surface area (Å²) in [6.45, 7) is 5.69. The zero-order valence-electron chi connectivity index (χ0n) is 17.9. The molecule has 0 fully saturated rings. The quantitative estimate of drug-likeness (QED) is 0.341. The third-order valence-electron chi connectivity index (χ3n) is 5.72. The Kier molecular flexibility index (Phi) is 5.72. The minimum atomic E-state index is -0.498. The number of nitrogens with one attached hydrogen (secondary N) is 1. The third kappa shape index (κ3) is 4.29. The molecule has 0 spiro atoms. The van der Waals surface area contributed by atoms with E-state index in [-0.39, 0.29) is 18.6 Å². The van der Waals surface area contributed by atoms with Crippen LogP contribution in [0.5, 0.6) is 0 Å². The molecule has 0 aliphatic heterocycles. The molecule has 4 aromatic carbocycles. The van der Waals surface area contributed by atoms with E-state index in [0.29, 0.717) is 5.56 Å². The van der Waals surface area contributed by atoms with Crippen molar-refractivity contribution < 1.29 is 14.3 Å². The number of carbonyl (C=O) groups excluding carboxylic acids is 2. The molecule has 1 N–H and O–H groups in total. The fourth-order valence-electron chi connectivity index (χ4n) is 3.84. The fraction of sp³-hybridized carbons (Fsp3) is 0.185. The summed E-state index contributed by atoms with van der Waals surface area (Å²) in [5.74, 6) is -0.828. The van der Waals surface area contributed by atoms with E-state index in [4.69, 9.17) is 4.74 Å². The van der Waals surface area contributed by atoms with Gasteiger partial charge >= 0.3 is 5.97 Å². The van der Waals surface area contributed by atoms with E-state index in [1.165, 1.54) is 11.1 Å². The van der Waals surface area contributed by atoms with Gasteiger partial charge in [0, 0.05) is 0 Å². The van der Waals surface area contributed by atoms with Gasteiger partial charge in [-0.1, -0.05) is 66.7 Å². The lowest BCUT2D eigenvalue weighted by molar-refractivity contribution is -0.124. The summed E-state index contributed by atoms with van der Waals surface area (Å²) in [6.07, 6.45) is 0. The first kappa shape index (κ1) is 20.6. The summed E-state index contributed by atoms with van der Waals surface area (Å²) in [5, 5.41) is 6.46. The van der Waals surface area contributed by atoms with E-state index in [9.17, 15) is 9.59 Å². The maximum Gasteiger partial charge on any atom is 0.339 e. The Morgan fingerprint density at radius 1 is 0.839 bits per heavy atom. The normalized spacial score (nSPS) is 12.0. The van der Waals surface area contributed by atoms with Gasteiger partial charge in [-0.2, -0.15) is 0 Å². The van der Waals surface area contributed by atoms with E-state index in [0.717, 1.165) is 27.1 Å². The predicted octanol–water partition coefficient (Wildman–Crippen LogP) is 5.64. The van der Waals surface area contributed by atoms with Crippen molar-refractivity contribution in [1.29, 1.82) is 0 Å². The average Bonchev–Trinajstić information content (AvgIpc) is 2.77. The van der Waals surface area contributed by atoms with E-state index in [1.54, 1.807) is 0 Å². The second-order valence-corrected chi connectivity index (χ2v) is 7.90. The van der Waals surface area contributed by atoms with Gasteiger partial charge < -0.3 is 10.1 Å². The molecule has 4 heteroatoms. The highest BCUT2D eigenvalue weighted by atomic mass is 16.5. The van der Waals surface area contributed by atoms with E-state index < -0.39 is 5.97 Å². The lowest BCUT2D eigenvalue weighted by Gasteiger charge is -2.16. The first-order valence-electron chi connectivity index (χ1n) is 10.4. The van der Waals surface area contributed by atoms with Gasteiger partial charge in [0.1, 0.15) is 0 Å². The molecule has 1 amide bonds. The van der Waals surface area contributed by atoms with Crippen molar-refractivity contribution in [2.24, 2.45) is 0 Å². The van der Waals surface area contributed by atoms with Crippen LogP contribution in [0.3, 0.4) is 0 Å². The van der Waals surface area contributed by atoms with Crippen LogP contribution in [0.1, 0.15) is 40.0 Å². The monoisotopic (exact) mass is 411 g/mol. The summed E-state index contributed by atoms with van der Waals surface area (Å²) < 4.78 is 5.43. The van der Waals surface area contributed by atoms with Crippen molar-refractivity contribution in [2.45, 2.75) is 26.8 Å². The number of fused-ring (bicyclic) bond motifs is 2. The highest BCUT2D eigenvalue weighted by Crippen LogP contribution is 2.29. The lowest BCUT2D eigenvalue weighted by Crippen LogP contribution is -2.31. The zero-order valence-corrected chi connectivity index (χ0v) is 17.9. The van der Waals surface area contributed by atoms with Gasteiger partial charge in [0.05, 0.1) is 11.6 Å². The molecule has 0 aliphatic rings. The Labute approximate surface area is 181 Å². The van der Waals surface area contributed by atoms with Crippen LogP contribution in [0.4, 0.5) is 0 Å². The lowest BCUT2D eigenvalue weighted by atomic mass is 9.97. The fourth-order valence-corrected chi connectivity index (χ4v) is 3.84. The maximum absolute atomic E-state index is 13.0. The van der Waals surface area contributed by atoms with Gasteiger partial charge in [0.2, 0.25) is 0 Å². The molecule has 31 heavy (non-hydrogen) atoms. The Balaban J connectivity index is 1.51. The number of esters is 1. The topological polar surface area (TPSA) is 55.4 Å². The Morgan fingerprint density at radius 2 is 1.45 bits per heavy atom. The molecule has 0 bridgehead atoms. The van der Waals surface area contributed by atoms with Gasteiger partial charge in [-0.3, -0.25) is 4.79 Å². The van der Waals surface area contributed by atoms with Crippen LogP contribution in [-0.4, -0.2) is 18.5 Å². The highest BCUT2D eigenvalue weighted by molar-refractivity contribution is 6.16. The maximum atomic E-state index is 13.0. The minimum Gasteiger partial charge on any atom is -0.452 e. The van der Waals surface area contributed by atoms with Gasteiger partial charge in [0.25, 0.3) is 5.91 Å². The van der Waals surface area contributed by atoms with E-state index in [1.807, 2.05) is 74.5 Å². The molecule has 0 unspecified atom stereocenters. The van der Waals surface area contributed by atoms with Crippen LogP contribution in [0.2, 0.25) is 0 Å². The average molecular weight is 412 g/mol. The molecule has 0 saturated carbocycles. The van der Waals surface area contributed by atoms with Crippen molar-refractivity contribution in [2.75, 3.05) is 6.61 Å². The number of carbonyl (C=O) groups is 2. The first-order valence-corrected chi connectivity index (χ1v) is 10.4. The van der Waals surface area contributed by atoms with Gasteiger partial charge in [-0.05, 0) is 65.1 Å². The smallest absolute Gasteiger partial charge is 0.339 e. The van der Waals surface area contributed by atoms with Crippen LogP contribution in [0.25, 0.3) is 21.5 Å². The number of hydrogen-bond donors (Lipinski definition) is 1. The number of ether oxygens (including phenoxy) is 1. The molecular formula is C27H25NO3. The van der Waals surface area contributed by atoms with Gasteiger partial charge in [-0.25, -0.2) is 4.79 Å². The standard InChI is InChI=1S/C27H25NO3/c1-17-12-13-20(14-18(17)2)19(3)28-25(29)16-31-27(30)26-23-10-6-4-8-21(23)15-22-9-5-7-11-24(22)26/h4-15,19H,16H2,1-3H3,(H,28,29)/t19-/m0/s1. The summed E-state index contributed by atoms with van der Waals surface area (Å²) in [7, 11) is 0. The molecule has 0 saturated heterocycles. The van der Waals surface area contributed by atoms with Gasteiger partial charge in [-0.15, -0.1) is 0 Å². The molecule has 0 radical (unpaired) electrons. The van der Waals surface area contributed by atoms with Crippen LogP contribution in [-0.2, 0) is 9.53 Å².